The normalized spacial score (nSPS) is 10.2. The van der Waals surface area contributed by atoms with E-state index >= 15 is 0 Å². The lowest BCUT2D eigenvalue weighted by Crippen LogP contribution is -2.19. The van der Waals surface area contributed by atoms with Crippen molar-refractivity contribution >= 4 is 40.4 Å². The highest BCUT2D eigenvalue weighted by atomic mass is 35.5. The molecule has 0 heterocycles. The second-order valence-electron chi connectivity index (χ2n) is 4.10. The van der Waals surface area contributed by atoms with Gasteiger partial charge < -0.3 is 11.1 Å². The van der Waals surface area contributed by atoms with E-state index in [2.05, 4.69) is 5.32 Å². The number of anilines is 1. The quantitative estimate of drug-likeness (QED) is 0.849. The Morgan fingerprint density at radius 1 is 1.19 bits per heavy atom. The number of thiocarbonyl (C=S) groups is 1. The zero-order valence-corrected chi connectivity index (χ0v) is 12.1. The van der Waals surface area contributed by atoms with Crippen molar-refractivity contribution in [3.8, 4) is 0 Å². The van der Waals surface area contributed by atoms with Crippen molar-refractivity contribution in [3.63, 3.8) is 0 Å². The lowest BCUT2D eigenvalue weighted by Gasteiger charge is -2.11. The predicted octanol–water partition coefficient (Wildman–Crippen LogP) is 3.50. The molecule has 0 aliphatic carbocycles. The van der Waals surface area contributed by atoms with Crippen molar-refractivity contribution in [3.05, 3.63) is 64.2 Å². The van der Waals surface area contributed by atoms with Gasteiger partial charge in [0.25, 0.3) is 5.91 Å². The van der Waals surface area contributed by atoms with Crippen LogP contribution in [0, 0.1) is 11.6 Å². The lowest BCUT2D eigenvalue weighted by atomic mass is 10.1. The van der Waals surface area contributed by atoms with E-state index in [9.17, 15) is 13.6 Å². The first kappa shape index (κ1) is 15.3. The van der Waals surface area contributed by atoms with Gasteiger partial charge in [-0.25, -0.2) is 8.78 Å². The number of hydrogen-bond acceptors (Lipinski definition) is 2. The summed E-state index contributed by atoms with van der Waals surface area (Å²) in [5.74, 6) is -2.89. The second-order valence-corrected chi connectivity index (χ2v) is 4.98. The van der Waals surface area contributed by atoms with Crippen LogP contribution in [0.25, 0.3) is 0 Å². The molecule has 0 fully saturated rings. The van der Waals surface area contributed by atoms with Crippen LogP contribution in [0.15, 0.2) is 36.4 Å². The summed E-state index contributed by atoms with van der Waals surface area (Å²) in [4.78, 5) is 12.0. The van der Waals surface area contributed by atoms with E-state index in [0.29, 0.717) is 10.6 Å². The number of carbonyl (C=O) groups excluding carboxylic acids is 1. The molecule has 3 N–H and O–H groups in total. The SMILES string of the molecule is NC(=S)c1ccc(Cl)cc1NC(=O)c1c(F)cccc1F. The number of nitrogens with one attached hydrogen (secondary N) is 1. The van der Waals surface area contributed by atoms with Crippen LogP contribution in [0.3, 0.4) is 0 Å². The fraction of sp³-hybridized carbons (Fsp3) is 0. The van der Waals surface area contributed by atoms with Crippen molar-refractivity contribution in [2.24, 2.45) is 5.73 Å². The van der Waals surface area contributed by atoms with Gasteiger partial charge in [0.1, 0.15) is 22.2 Å². The van der Waals surface area contributed by atoms with Crippen LogP contribution in [0.4, 0.5) is 14.5 Å². The molecule has 0 unspecified atom stereocenters. The van der Waals surface area contributed by atoms with E-state index in [1.165, 1.54) is 24.3 Å². The molecule has 2 rings (SSSR count). The first-order chi connectivity index (χ1) is 9.90. The summed E-state index contributed by atoms with van der Waals surface area (Å²) in [6.07, 6.45) is 0. The van der Waals surface area contributed by atoms with Crippen LogP contribution < -0.4 is 11.1 Å². The van der Waals surface area contributed by atoms with Crippen LogP contribution >= 0.6 is 23.8 Å². The monoisotopic (exact) mass is 326 g/mol. The molecule has 0 atom stereocenters. The average molecular weight is 327 g/mol. The molecule has 0 saturated heterocycles. The number of halogens is 3. The molecule has 2 aromatic rings. The lowest BCUT2D eigenvalue weighted by molar-refractivity contribution is 0.101. The van der Waals surface area contributed by atoms with Gasteiger partial charge in [0.05, 0.1) is 5.69 Å². The predicted molar refractivity (Wildman–Crippen MR) is 81.7 cm³/mol. The van der Waals surface area contributed by atoms with Crippen molar-refractivity contribution in [1.29, 1.82) is 0 Å². The fourth-order valence-corrected chi connectivity index (χ4v) is 2.08. The Balaban J connectivity index is 2.40. The Morgan fingerprint density at radius 2 is 1.81 bits per heavy atom. The molecule has 3 nitrogen and oxygen atoms in total. The molecule has 0 aliphatic heterocycles. The molecule has 0 saturated carbocycles. The smallest absolute Gasteiger partial charge is 0.261 e. The Hall–Kier alpha value is -2.05. The number of rotatable bonds is 3. The topological polar surface area (TPSA) is 55.1 Å². The minimum atomic E-state index is -0.966. The summed E-state index contributed by atoms with van der Waals surface area (Å²) in [6, 6.07) is 7.59. The second kappa shape index (κ2) is 6.15. The van der Waals surface area contributed by atoms with E-state index < -0.39 is 23.1 Å². The van der Waals surface area contributed by atoms with Crippen LogP contribution in [0.2, 0.25) is 5.02 Å². The number of benzene rings is 2. The summed E-state index contributed by atoms with van der Waals surface area (Å²) < 4.78 is 27.1. The third-order valence-electron chi connectivity index (χ3n) is 2.69. The Kier molecular flexibility index (Phi) is 4.50. The van der Waals surface area contributed by atoms with Crippen LogP contribution in [-0.2, 0) is 0 Å². The summed E-state index contributed by atoms with van der Waals surface area (Å²) in [5, 5.41) is 2.68. The Bertz CT molecular complexity index is 717. The van der Waals surface area contributed by atoms with Gasteiger partial charge in [-0.05, 0) is 30.3 Å². The van der Waals surface area contributed by atoms with E-state index in [1.807, 2.05) is 0 Å². The summed E-state index contributed by atoms with van der Waals surface area (Å²) >= 11 is 10.7. The van der Waals surface area contributed by atoms with E-state index in [1.54, 1.807) is 0 Å². The highest BCUT2D eigenvalue weighted by Gasteiger charge is 2.18. The molecule has 7 heteroatoms. The highest BCUT2D eigenvalue weighted by molar-refractivity contribution is 7.80. The van der Waals surface area contributed by atoms with E-state index in [0.717, 1.165) is 12.1 Å². The molecule has 0 spiro atoms. The number of nitrogens with two attached hydrogens (primary N) is 1. The Labute approximate surface area is 129 Å². The van der Waals surface area contributed by atoms with Gasteiger partial charge in [-0.1, -0.05) is 29.9 Å². The third-order valence-corrected chi connectivity index (χ3v) is 3.14. The number of hydrogen-bond donors (Lipinski definition) is 2. The summed E-state index contributed by atoms with van der Waals surface area (Å²) in [7, 11) is 0. The molecule has 1 amide bonds. The maximum atomic E-state index is 13.6. The van der Waals surface area contributed by atoms with Crippen molar-refractivity contribution < 1.29 is 13.6 Å². The largest absolute Gasteiger partial charge is 0.389 e. The van der Waals surface area contributed by atoms with Gasteiger partial charge in [-0.2, -0.15) is 0 Å². The summed E-state index contributed by atoms with van der Waals surface area (Å²) in [5.41, 5.74) is 5.37. The zero-order chi connectivity index (χ0) is 15.6. The van der Waals surface area contributed by atoms with Crippen molar-refractivity contribution in [2.45, 2.75) is 0 Å². The molecule has 0 bridgehead atoms. The van der Waals surface area contributed by atoms with Crippen molar-refractivity contribution in [1.82, 2.24) is 0 Å². The first-order valence-corrected chi connectivity index (χ1v) is 6.53. The van der Waals surface area contributed by atoms with Gasteiger partial charge >= 0.3 is 0 Å². The highest BCUT2D eigenvalue weighted by Crippen LogP contribution is 2.23. The third kappa shape index (κ3) is 3.34. The molecule has 21 heavy (non-hydrogen) atoms. The summed E-state index contributed by atoms with van der Waals surface area (Å²) in [6.45, 7) is 0. The molecule has 0 radical (unpaired) electrons. The molecule has 0 aliphatic rings. The van der Waals surface area contributed by atoms with Gasteiger partial charge in [-0.3, -0.25) is 4.79 Å². The average Bonchev–Trinajstić information content (AvgIpc) is 2.38. The zero-order valence-electron chi connectivity index (χ0n) is 10.5. The molecular formula is C14H9ClF2N2OS. The van der Waals surface area contributed by atoms with Crippen LogP contribution in [0.1, 0.15) is 15.9 Å². The van der Waals surface area contributed by atoms with Crippen LogP contribution in [0.5, 0.6) is 0 Å². The first-order valence-electron chi connectivity index (χ1n) is 5.75. The molecule has 0 aromatic heterocycles. The van der Waals surface area contributed by atoms with Crippen molar-refractivity contribution in [2.75, 3.05) is 5.32 Å². The van der Waals surface area contributed by atoms with Gasteiger partial charge in [0.2, 0.25) is 0 Å². The van der Waals surface area contributed by atoms with Crippen LogP contribution in [-0.4, -0.2) is 10.9 Å². The molecule has 2 aromatic carbocycles. The van der Waals surface area contributed by atoms with E-state index in [4.69, 9.17) is 29.6 Å². The number of amides is 1. The minimum Gasteiger partial charge on any atom is -0.389 e. The van der Waals surface area contributed by atoms with Gasteiger partial charge in [-0.15, -0.1) is 0 Å². The molecular weight excluding hydrogens is 318 g/mol. The van der Waals surface area contributed by atoms with Gasteiger partial charge in [0.15, 0.2) is 0 Å². The van der Waals surface area contributed by atoms with Gasteiger partial charge in [0, 0.05) is 10.6 Å². The minimum absolute atomic E-state index is 0.0240. The standard InChI is InChI=1S/C14H9ClF2N2OS/c15-7-4-5-8(13(18)21)11(6-7)19-14(20)12-9(16)2-1-3-10(12)17/h1-6H,(H2,18,21)(H,19,20). The fourth-order valence-electron chi connectivity index (χ4n) is 1.73. The Morgan fingerprint density at radius 3 is 2.38 bits per heavy atom. The maximum absolute atomic E-state index is 13.6. The molecule has 108 valence electrons. The maximum Gasteiger partial charge on any atom is 0.261 e. The number of carbonyl (C=O) groups is 1. The van der Waals surface area contributed by atoms with E-state index in [-0.39, 0.29) is 10.7 Å².